The van der Waals surface area contributed by atoms with Crippen molar-refractivity contribution in [2.24, 2.45) is 0 Å². The number of aromatic nitrogens is 1. The number of carbonyl (C=O) groups excluding carboxylic acids is 2. The highest BCUT2D eigenvalue weighted by molar-refractivity contribution is 9.10. The largest absolute Gasteiger partial charge is 0.469 e. The van der Waals surface area contributed by atoms with Crippen LogP contribution in [0.25, 0.3) is 10.9 Å². The number of carbonyl (C=O) groups is 2. The lowest BCUT2D eigenvalue weighted by molar-refractivity contribution is -0.140. The first-order valence-corrected chi connectivity index (χ1v) is 12.0. The van der Waals surface area contributed by atoms with Crippen LogP contribution in [0.5, 0.6) is 0 Å². The summed E-state index contributed by atoms with van der Waals surface area (Å²) >= 11 is 3.63. The third-order valence-electron chi connectivity index (χ3n) is 6.21. The first-order chi connectivity index (χ1) is 16.5. The minimum atomic E-state index is -0.347. The SMILES string of the molecule is COC(=O)CCNC(=O)c1ccc(C(C)C(c2cccc(Br)c2)c2c[nH]c3ccccc23)cc1. The zero-order chi connectivity index (χ0) is 24.1. The van der Waals surface area contributed by atoms with Crippen LogP contribution in [0.1, 0.15) is 52.2 Å². The molecule has 2 unspecified atom stereocenters. The van der Waals surface area contributed by atoms with Crippen LogP contribution in [-0.4, -0.2) is 30.5 Å². The van der Waals surface area contributed by atoms with Gasteiger partial charge in [0.2, 0.25) is 0 Å². The fraction of sp³-hybridized carbons (Fsp3) is 0.214. The van der Waals surface area contributed by atoms with Gasteiger partial charge in [-0.1, -0.05) is 65.3 Å². The van der Waals surface area contributed by atoms with Crippen LogP contribution in [0.4, 0.5) is 0 Å². The third-order valence-corrected chi connectivity index (χ3v) is 6.70. The maximum atomic E-state index is 12.4. The molecule has 0 radical (unpaired) electrons. The number of amides is 1. The summed E-state index contributed by atoms with van der Waals surface area (Å²) in [6.45, 7) is 2.47. The van der Waals surface area contributed by atoms with Crippen molar-refractivity contribution in [1.82, 2.24) is 10.3 Å². The number of halogens is 1. The van der Waals surface area contributed by atoms with Crippen molar-refractivity contribution < 1.29 is 14.3 Å². The number of para-hydroxylation sites is 1. The van der Waals surface area contributed by atoms with Crippen LogP contribution in [0.2, 0.25) is 0 Å². The predicted molar refractivity (Wildman–Crippen MR) is 138 cm³/mol. The summed E-state index contributed by atoms with van der Waals surface area (Å²) in [6.07, 6.45) is 2.26. The first-order valence-electron chi connectivity index (χ1n) is 11.2. The standard InChI is InChI=1S/C28H27BrN2O3/c1-18(19-10-12-20(13-11-19)28(33)30-15-14-26(32)34-2)27(21-6-5-7-22(29)16-21)24-17-31-25-9-4-3-8-23(24)25/h3-13,16-18,27,31H,14-15H2,1-2H3,(H,30,33). The number of methoxy groups -OCH3 is 1. The van der Waals surface area contributed by atoms with Crippen molar-refractivity contribution in [2.45, 2.75) is 25.2 Å². The molecule has 3 aromatic carbocycles. The maximum absolute atomic E-state index is 12.4. The molecule has 0 saturated carbocycles. The molecule has 0 bridgehead atoms. The quantitative estimate of drug-likeness (QED) is 0.274. The molecule has 4 rings (SSSR count). The smallest absolute Gasteiger partial charge is 0.307 e. The number of H-pyrrole nitrogens is 1. The monoisotopic (exact) mass is 518 g/mol. The first kappa shape index (κ1) is 23.8. The molecule has 2 N–H and O–H groups in total. The van der Waals surface area contributed by atoms with E-state index in [9.17, 15) is 9.59 Å². The van der Waals surface area contributed by atoms with Gasteiger partial charge in [0.1, 0.15) is 0 Å². The predicted octanol–water partition coefficient (Wildman–Crippen LogP) is 6.16. The Balaban J connectivity index is 1.61. The molecule has 1 aromatic heterocycles. The summed E-state index contributed by atoms with van der Waals surface area (Å²) in [5.74, 6) is -0.276. The highest BCUT2D eigenvalue weighted by Gasteiger charge is 2.26. The summed E-state index contributed by atoms with van der Waals surface area (Å²) in [6, 6.07) is 24.5. The molecule has 0 aliphatic rings. The Labute approximate surface area is 207 Å². The molecule has 174 valence electrons. The Hall–Kier alpha value is -3.38. The highest BCUT2D eigenvalue weighted by Crippen LogP contribution is 2.41. The van der Waals surface area contributed by atoms with E-state index in [2.05, 4.69) is 80.5 Å². The van der Waals surface area contributed by atoms with Crippen LogP contribution in [0.3, 0.4) is 0 Å². The Bertz CT molecular complexity index is 1300. The van der Waals surface area contributed by atoms with Crippen molar-refractivity contribution in [1.29, 1.82) is 0 Å². The van der Waals surface area contributed by atoms with Crippen LogP contribution in [0.15, 0.2) is 83.5 Å². The van der Waals surface area contributed by atoms with Gasteiger partial charge in [-0.3, -0.25) is 9.59 Å². The summed E-state index contributed by atoms with van der Waals surface area (Å²) in [7, 11) is 1.34. The molecule has 0 spiro atoms. The molecule has 6 heteroatoms. The molecule has 34 heavy (non-hydrogen) atoms. The van der Waals surface area contributed by atoms with Gasteiger partial charge in [0.15, 0.2) is 0 Å². The van der Waals surface area contributed by atoms with Gasteiger partial charge in [0, 0.05) is 39.6 Å². The second-order valence-corrected chi connectivity index (χ2v) is 9.23. The van der Waals surface area contributed by atoms with Gasteiger partial charge in [0.05, 0.1) is 13.5 Å². The number of esters is 1. The second-order valence-electron chi connectivity index (χ2n) is 8.31. The Morgan fingerprint density at radius 1 is 1.00 bits per heavy atom. The summed E-state index contributed by atoms with van der Waals surface area (Å²) in [4.78, 5) is 27.1. The zero-order valence-corrected chi connectivity index (χ0v) is 20.8. The van der Waals surface area contributed by atoms with Crippen LogP contribution in [-0.2, 0) is 9.53 Å². The Kier molecular flexibility index (Phi) is 7.48. The number of fused-ring (bicyclic) bond motifs is 1. The van der Waals surface area contributed by atoms with E-state index in [1.54, 1.807) is 0 Å². The zero-order valence-electron chi connectivity index (χ0n) is 19.2. The molecule has 0 aliphatic heterocycles. The van der Waals surface area contributed by atoms with Crippen molar-refractivity contribution in [2.75, 3.05) is 13.7 Å². The number of benzene rings is 3. The number of aromatic amines is 1. The van der Waals surface area contributed by atoms with Gasteiger partial charge in [-0.05, 0) is 52.9 Å². The van der Waals surface area contributed by atoms with E-state index in [1.807, 2.05) is 36.4 Å². The van der Waals surface area contributed by atoms with Gasteiger partial charge in [-0.25, -0.2) is 0 Å². The lowest BCUT2D eigenvalue weighted by atomic mass is 9.78. The topological polar surface area (TPSA) is 71.2 Å². The van der Waals surface area contributed by atoms with Gasteiger partial charge in [0.25, 0.3) is 5.91 Å². The third kappa shape index (κ3) is 5.23. The van der Waals surface area contributed by atoms with E-state index in [0.717, 1.165) is 15.6 Å². The number of hydrogen-bond donors (Lipinski definition) is 2. The van der Waals surface area contributed by atoms with Crippen molar-refractivity contribution in [3.63, 3.8) is 0 Å². The average Bonchev–Trinajstić information content (AvgIpc) is 3.28. The summed E-state index contributed by atoms with van der Waals surface area (Å²) in [5, 5.41) is 3.97. The molecule has 5 nitrogen and oxygen atoms in total. The van der Waals surface area contributed by atoms with Crippen molar-refractivity contribution in [3.05, 3.63) is 106 Å². The van der Waals surface area contributed by atoms with E-state index in [-0.39, 0.29) is 36.7 Å². The lowest BCUT2D eigenvalue weighted by Gasteiger charge is -2.25. The van der Waals surface area contributed by atoms with Gasteiger partial charge < -0.3 is 15.0 Å². The van der Waals surface area contributed by atoms with E-state index >= 15 is 0 Å². The van der Waals surface area contributed by atoms with Gasteiger partial charge >= 0.3 is 5.97 Å². The van der Waals surface area contributed by atoms with E-state index in [1.165, 1.54) is 23.6 Å². The Morgan fingerprint density at radius 3 is 2.50 bits per heavy atom. The van der Waals surface area contributed by atoms with E-state index < -0.39 is 0 Å². The Morgan fingerprint density at radius 2 is 1.76 bits per heavy atom. The average molecular weight is 519 g/mol. The number of nitrogens with one attached hydrogen (secondary N) is 2. The van der Waals surface area contributed by atoms with Gasteiger partial charge in [-0.15, -0.1) is 0 Å². The second kappa shape index (κ2) is 10.7. The van der Waals surface area contributed by atoms with Gasteiger partial charge in [-0.2, -0.15) is 0 Å². The molecular formula is C28H27BrN2O3. The normalized spacial score (nSPS) is 12.8. The molecule has 2 atom stereocenters. The number of ether oxygens (including phenoxy) is 1. The molecule has 1 heterocycles. The molecule has 0 fully saturated rings. The van der Waals surface area contributed by atoms with Crippen LogP contribution < -0.4 is 5.32 Å². The molecule has 1 amide bonds. The molecule has 0 aliphatic carbocycles. The van der Waals surface area contributed by atoms with Crippen molar-refractivity contribution in [3.8, 4) is 0 Å². The summed E-state index contributed by atoms with van der Waals surface area (Å²) < 4.78 is 5.65. The molecule has 0 saturated heterocycles. The fourth-order valence-corrected chi connectivity index (χ4v) is 4.82. The number of hydrogen-bond acceptors (Lipinski definition) is 3. The van der Waals surface area contributed by atoms with E-state index in [0.29, 0.717) is 5.56 Å². The maximum Gasteiger partial charge on any atom is 0.307 e. The highest BCUT2D eigenvalue weighted by atomic mass is 79.9. The molecule has 4 aromatic rings. The minimum absolute atomic E-state index is 0.119. The van der Waals surface area contributed by atoms with Crippen LogP contribution >= 0.6 is 15.9 Å². The van der Waals surface area contributed by atoms with Crippen LogP contribution in [0, 0.1) is 0 Å². The molecular weight excluding hydrogens is 492 g/mol. The lowest BCUT2D eigenvalue weighted by Crippen LogP contribution is -2.26. The van der Waals surface area contributed by atoms with E-state index in [4.69, 9.17) is 0 Å². The fourth-order valence-electron chi connectivity index (χ4n) is 4.40. The van der Waals surface area contributed by atoms with Crippen molar-refractivity contribution >= 4 is 38.7 Å². The minimum Gasteiger partial charge on any atom is -0.469 e. The number of rotatable bonds is 8. The summed E-state index contributed by atoms with van der Waals surface area (Å²) in [5.41, 5.74) is 5.28.